The van der Waals surface area contributed by atoms with Crippen LogP contribution in [0.3, 0.4) is 0 Å². The molecule has 0 saturated carbocycles. The van der Waals surface area contributed by atoms with Crippen molar-refractivity contribution in [2.75, 3.05) is 6.54 Å². The molecular weight excluding hydrogens is 302 g/mol. The Morgan fingerprint density at radius 3 is 3.09 bits per heavy atom. The van der Waals surface area contributed by atoms with E-state index in [1.807, 2.05) is 22.4 Å². The zero-order valence-corrected chi connectivity index (χ0v) is 13.3. The molecular formula is C15H19N3O3S. The van der Waals surface area contributed by atoms with E-state index >= 15 is 0 Å². The van der Waals surface area contributed by atoms with E-state index in [9.17, 15) is 9.59 Å². The molecule has 1 aliphatic rings. The lowest BCUT2D eigenvalue weighted by atomic mass is 10.00. The molecule has 6 nitrogen and oxygen atoms in total. The maximum absolute atomic E-state index is 12.5. The molecule has 118 valence electrons. The largest absolute Gasteiger partial charge is 0.437 e. The van der Waals surface area contributed by atoms with E-state index in [-0.39, 0.29) is 24.4 Å². The number of piperidine rings is 1. The van der Waals surface area contributed by atoms with Crippen LogP contribution in [0.4, 0.5) is 0 Å². The summed E-state index contributed by atoms with van der Waals surface area (Å²) in [5.74, 6) is -0.361. The van der Waals surface area contributed by atoms with Gasteiger partial charge in [-0.3, -0.25) is 4.79 Å². The maximum atomic E-state index is 12.5. The molecule has 3 rings (SSSR count). The first-order valence-electron chi connectivity index (χ1n) is 7.60. The Hall–Kier alpha value is -1.89. The maximum Gasteiger partial charge on any atom is 0.437 e. The van der Waals surface area contributed by atoms with Gasteiger partial charge in [-0.1, -0.05) is 13.0 Å². The van der Waals surface area contributed by atoms with Crippen molar-refractivity contribution in [1.29, 1.82) is 0 Å². The molecule has 2 aromatic rings. The van der Waals surface area contributed by atoms with Crippen LogP contribution in [0.5, 0.6) is 0 Å². The highest BCUT2D eigenvalue weighted by atomic mass is 32.1. The van der Waals surface area contributed by atoms with Crippen molar-refractivity contribution in [3.05, 3.63) is 28.1 Å². The summed E-state index contributed by atoms with van der Waals surface area (Å²) in [7, 11) is 0. The van der Waals surface area contributed by atoms with Gasteiger partial charge in [-0.05, 0) is 37.1 Å². The molecule has 1 unspecified atom stereocenters. The van der Waals surface area contributed by atoms with Crippen LogP contribution < -0.4 is 5.76 Å². The number of amides is 1. The van der Waals surface area contributed by atoms with Crippen molar-refractivity contribution in [3.8, 4) is 10.8 Å². The van der Waals surface area contributed by atoms with Crippen LogP contribution >= 0.6 is 11.3 Å². The summed E-state index contributed by atoms with van der Waals surface area (Å²) in [6.07, 6.45) is 4.17. The summed E-state index contributed by atoms with van der Waals surface area (Å²) in [5, 5.41) is 6.03. The number of hydrogen-bond donors (Lipinski definition) is 0. The minimum absolute atomic E-state index is 0.0514. The molecule has 0 aromatic carbocycles. The van der Waals surface area contributed by atoms with Gasteiger partial charge < -0.3 is 9.32 Å². The predicted octanol–water partition coefficient (Wildman–Crippen LogP) is 2.36. The monoisotopic (exact) mass is 321 g/mol. The fourth-order valence-electron chi connectivity index (χ4n) is 2.88. The Bertz CT molecular complexity index is 689. The first-order chi connectivity index (χ1) is 10.7. The molecule has 3 heterocycles. The van der Waals surface area contributed by atoms with E-state index in [0.717, 1.165) is 41.8 Å². The summed E-state index contributed by atoms with van der Waals surface area (Å²) >= 11 is 1.45. The van der Waals surface area contributed by atoms with E-state index in [0.29, 0.717) is 0 Å². The normalized spacial score (nSPS) is 18.6. The topological polar surface area (TPSA) is 68.3 Å². The number of hydrogen-bond acceptors (Lipinski definition) is 5. The second-order valence-electron chi connectivity index (χ2n) is 5.45. The van der Waals surface area contributed by atoms with Crippen LogP contribution in [-0.4, -0.2) is 33.2 Å². The number of carbonyl (C=O) groups is 1. The molecule has 22 heavy (non-hydrogen) atoms. The van der Waals surface area contributed by atoms with E-state index in [4.69, 9.17) is 4.42 Å². The van der Waals surface area contributed by atoms with Gasteiger partial charge in [-0.2, -0.15) is 4.68 Å². The molecule has 1 aliphatic heterocycles. The van der Waals surface area contributed by atoms with Gasteiger partial charge in [0.1, 0.15) is 6.54 Å². The van der Waals surface area contributed by atoms with Crippen molar-refractivity contribution >= 4 is 17.2 Å². The quantitative estimate of drug-likeness (QED) is 0.867. The fourth-order valence-corrected chi connectivity index (χ4v) is 3.52. The van der Waals surface area contributed by atoms with Crippen molar-refractivity contribution in [2.24, 2.45) is 0 Å². The number of carbonyl (C=O) groups excluding carboxylic acids is 1. The third-order valence-corrected chi connectivity index (χ3v) is 4.90. The molecule has 1 atom stereocenters. The van der Waals surface area contributed by atoms with Crippen LogP contribution in [-0.2, 0) is 11.3 Å². The lowest BCUT2D eigenvalue weighted by Crippen LogP contribution is -2.45. The molecule has 0 bridgehead atoms. The number of aromatic nitrogens is 2. The smallest absolute Gasteiger partial charge is 0.387 e. The molecule has 0 N–H and O–H groups in total. The highest BCUT2D eigenvalue weighted by molar-refractivity contribution is 7.13. The lowest BCUT2D eigenvalue weighted by molar-refractivity contribution is -0.135. The Morgan fingerprint density at radius 2 is 2.36 bits per heavy atom. The third-order valence-electron chi connectivity index (χ3n) is 4.04. The lowest BCUT2D eigenvalue weighted by Gasteiger charge is -2.35. The minimum Gasteiger partial charge on any atom is -0.387 e. The van der Waals surface area contributed by atoms with Gasteiger partial charge in [0.05, 0.1) is 4.88 Å². The third kappa shape index (κ3) is 2.99. The SMILES string of the molecule is CCC1CCCCN1C(=O)Cn1nc(-c2cccs2)oc1=O. The molecule has 1 saturated heterocycles. The van der Waals surface area contributed by atoms with Crippen LogP contribution in [0.1, 0.15) is 32.6 Å². The summed E-state index contributed by atoms with van der Waals surface area (Å²) in [6, 6.07) is 3.98. The second kappa shape index (κ2) is 6.48. The van der Waals surface area contributed by atoms with Crippen molar-refractivity contribution < 1.29 is 9.21 Å². The van der Waals surface area contributed by atoms with E-state index < -0.39 is 5.76 Å². The molecule has 0 spiro atoms. The zero-order chi connectivity index (χ0) is 15.5. The van der Waals surface area contributed by atoms with E-state index in [1.54, 1.807) is 0 Å². The summed E-state index contributed by atoms with van der Waals surface area (Å²) in [5.41, 5.74) is 0. The molecule has 1 fully saturated rings. The first-order valence-corrected chi connectivity index (χ1v) is 8.48. The first kappa shape index (κ1) is 15.0. The van der Waals surface area contributed by atoms with Crippen molar-refractivity contribution in [3.63, 3.8) is 0 Å². The summed E-state index contributed by atoms with van der Waals surface area (Å²) < 4.78 is 6.26. The average molecular weight is 321 g/mol. The summed E-state index contributed by atoms with van der Waals surface area (Å²) in [6.45, 7) is 2.80. The van der Waals surface area contributed by atoms with Gasteiger partial charge in [-0.15, -0.1) is 16.4 Å². The Labute approximate surface area is 132 Å². The van der Waals surface area contributed by atoms with Gasteiger partial charge in [0.15, 0.2) is 0 Å². The average Bonchev–Trinajstić information content (AvgIpc) is 3.17. The van der Waals surface area contributed by atoms with Gasteiger partial charge in [0.2, 0.25) is 5.91 Å². The Kier molecular flexibility index (Phi) is 4.42. The Balaban J connectivity index is 1.75. The predicted molar refractivity (Wildman–Crippen MR) is 83.7 cm³/mol. The minimum atomic E-state index is -0.582. The van der Waals surface area contributed by atoms with Crippen LogP contribution in [0.2, 0.25) is 0 Å². The van der Waals surface area contributed by atoms with Crippen molar-refractivity contribution in [2.45, 2.75) is 45.2 Å². The van der Waals surface area contributed by atoms with Crippen LogP contribution in [0.15, 0.2) is 26.7 Å². The molecule has 2 aromatic heterocycles. The standard InChI is InChI=1S/C15H19N3O3S/c1-2-11-6-3-4-8-17(11)13(19)10-18-15(20)21-14(16-18)12-7-5-9-22-12/h5,7,9,11H,2-4,6,8,10H2,1H3. The second-order valence-corrected chi connectivity index (χ2v) is 6.40. The highest BCUT2D eigenvalue weighted by Crippen LogP contribution is 2.22. The van der Waals surface area contributed by atoms with Gasteiger partial charge in [0.25, 0.3) is 5.89 Å². The highest BCUT2D eigenvalue weighted by Gasteiger charge is 2.26. The number of nitrogens with zero attached hydrogens (tertiary/aromatic N) is 3. The van der Waals surface area contributed by atoms with Crippen LogP contribution in [0.25, 0.3) is 10.8 Å². The van der Waals surface area contributed by atoms with E-state index in [1.165, 1.54) is 11.3 Å². The van der Waals surface area contributed by atoms with Crippen molar-refractivity contribution in [1.82, 2.24) is 14.7 Å². The fraction of sp³-hybridized carbons (Fsp3) is 0.533. The number of rotatable bonds is 4. The molecule has 7 heteroatoms. The van der Waals surface area contributed by atoms with Gasteiger partial charge >= 0.3 is 5.76 Å². The van der Waals surface area contributed by atoms with Crippen LogP contribution in [0, 0.1) is 0 Å². The van der Waals surface area contributed by atoms with Gasteiger partial charge in [-0.25, -0.2) is 4.79 Å². The molecule has 1 amide bonds. The number of likely N-dealkylation sites (tertiary alicyclic amines) is 1. The summed E-state index contributed by atoms with van der Waals surface area (Å²) in [4.78, 5) is 27.0. The van der Waals surface area contributed by atoms with Gasteiger partial charge in [0, 0.05) is 12.6 Å². The molecule has 0 aliphatic carbocycles. The van der Waals surface area contributed by atoms with E-state index in [2.05, 4.69) is 12.0 Å². The zero-order valence-electron chi connectivity index (χ0n) is 12.5. The Morgan fingerprint density at radius 1 is 1.50 bits per heavy atom. The number of thiophene rings is 1. The molecule has 0 radical (unpaired) electrons.